The Morgan fingerprint density at radius 2 is 2.06 bits per heavy atom. The van der Waals surface area contributed by atoms with Crippen LogP contribution in [-0.2, 0) is 6.54 Å². The predicted molar refractivity (Wildman–Crippen MR) is 119 cm³/mol. The number of aromatic nitrogens is 1. The second kappa shape index (κ2) is 8.14. The van der Waals surface area contributed by atoms with E-state index in [1.54, 1.807) is 15.5 Å². The van der Waals surface area contributed by atoms with Gasteiger partial charge in [-0.2, -0.15) is 0 Å². The van der Waals surface area contributed by atoms with Gasteiger partial charge in [-0.15, -0.1) is 0 Å². The van der Waals surface area contributed by atoms with Gasteiger partial charge in [-0.1, -0.05) is 23.7 Å². The van der Waals surface area contributed by atoms with E-state index in [1.165, 1.54) is 12.1 Å². The maximum atomic E-state index is 14.3. The number of aromatic hydroxyl groups is 1. The van der Waals surface area contributed by atoms with Crippen LogP contribution in [-0.4, -0.2) is 57.5 Å². The van der Waals surface area contributed by atoms with E-state index < -0.39 is 28.8 Å². The average molecular weight is 475 g/mol. The number of rotatable bonds is 5. The van der Waals surface area contributed by atoms with Crippen molar-refractivity contribution in [3.05, 3.63) is 61.8 Å². The van der Waals surface area contributed by atoms with E-state index in [9.17, 15) is 23.9 Å². The van der Waals surface area contributed by atoms with Gasteiger partial charge in [-0.05, 0) is 25.8 Å². The standard InChI is InChI=1S/C23H24ClFN4O4/c1-2-27-11-13-9-15(28-7-4-8-28)18-16(20(30)21(31)19(23(27)33)29(13)18)22(32)26-10-12-5-3-6-14(24)17(12)25/h3,5-6,13,15,31H,2,4,7-11H2,1H3,(H,26,32)/t13-,15+/m0/s1. The van der Waals surface area contributed by atoms with Crippen molar-refractivity contribution in [1.82, 2.24) is 19.7 Å². The van der Waals surface area contributed by atoms with Crippen LogP contribution in [0.4, 0.5) is 4.39 Å². The van der Waals surface area contributed by atoms with Gasteiger partial charge < -0.3 is 19.9 Å². The smallest absolute Gasteiger partial charge is 0.274 e. The van der Waals surface area contributed by atoms with E-state index in [1.807, 2.05) is 6.92 Å². The molecule has 0 aliphatic carbocycles. The molecule has 2 aromatic rings. The van der Waals surface area contributed by atoms with Crippen LogP contribution >= 0.6 is 11.6 Å². The average Bonchev–Trinajstić information content (AvgIpc) is 3.10. The first-order valence-corrected chi connectivity index (χ1v) is 11.5. The van der Waals surface area contributed by atoms with E-state index in [0.717, 1.165) is 19.5 Å². The minimum Gasteiger partial charge on any atom is -0.503 e. The summed E-state index contributed by atoms with van der Waals surface area (Å²) in [7, 11) is 0. The number of likely N-dealkylation sites (N-methyl/N-ethyl adjacent to an activating group) is 1. The van der Waals surface area contributed by atoms with Crippen molar-refractivity contribution in [3.63, 3.8) is 0 Å². The van der Waals surface area contributed by atoms with Gasteiger partial charge in [0.05, 0.1) is 22.8 Å². The molecule has 33 heavy (non-hydrogen) atoms. The third kappa shape index (κ3) is 3.33. The predicted octanol–water partition coefficient (Wildman–Crippen LogP) is 2.44. The maximum absolute atomic E-state index is 14.3. The highest BCUT2D eigenvalue weighted by Crippen LogP contribution is 2.45. The summed E-state index contributed by atoms with van der Waals surface area (Å²) in [6.45, 7) is 4.26. The number of benzene rings is 1. The summed E-state index contributed by atoms with van der Waals surface area (Å²) in [4.78, 5) is 43.3. The molecule has 0 bridgehead atoms. The van der Waals surface area contributed by atoms with E-state index in [-0.39, 0.29) is 40.5 Å². The van der Waals surface area contributed by atoms with Crippen molar-refractivity contribution in [1.29, 1.82) is 0 Å². The summed E-state index contributed by atoms with van der Waals surface area (Å²) in [5.74, 6) is -2.48. The minimum atomic E-state index is -0.877. The van der Waals surface area contributed by atoms with Crippen molar-refractivity contribution >= 4 is 23.4 Å². The molecule has 0 unspecified atom stereocenters. The Kier molecular flexibility index (Phi) is 5.41. The summed E-state index contributed by atoms with van der Waals surface area (Å²) in [6.07, 6.45) is 1.66. The van der Waals surface area contributed by atoms with Crippen LogP contribution in [0.5, 0.6) is 5.75 Å². The fraction of sp³-hybridized carbons (Fsp3) is 0.435. The molecular formula is C23H24ClFN4O4. The Balaban J connectivity index is 1.59. The topological polar surface area (TPSA) is 94.9 Å². The molecule has 1 fully saturated rings. The highest BCUT2D eigenvalue weighted by atomic mass is 35.5. The number of likely N-dealkylation sites (tertiary alicyclic amines) is 1. The quantitative estimate of drug-likeness (QED) is 0.694. The molecule has 5 rings (SSSR count). The zero-order chi connectivity index (χ0) is 23.4. The lowest BCUT2D eigenvalue weighted by Crippen LogP contribution is -2.44. The van der Waals surface area contributed by atoms with Gasteiger partial charge in [0.1, 0.15) is 11.4 Å². The highest BCUT2D eigenvalue weighted by molar-refractivity contribution is 6.30. The Labute approximate surface area is 194 Å². The minimum absolute atomic E-state index is 0.0476. The van der Waals surface area contributed by atoms with Crippen LogP contribution in [0.25, 0.3) is 0 Å². The summed E-state index contributed by atoms with van der Waals surface area (Å²) in [5.41, 5.74) is -0.464. The Morgan fingerprint density at radius 1 is 1.30 bits per heavy atom. The van der Waals surface area contributed by atoms with Gasteiger partial charge in [-0.3, -0.25) is 19.3 Å². The van der Waals surface area contributed by atoms with Crippen molar-refractivity contribution in [3.8, 4) is 5.75 Å². The van der Waals surface area contributed by atoms with Gasteiger partial charge in [0.25, 0.3) is 11.8 Å². The normalized spacial score (nSPS) is 21.7. The molecule has 1 saturated heterocycles. The molecule has 0 saturated carbocycles. The third-order valence-electron chi connectivity index (χ3n) is 6.93. The summed E-state index contributed by atoms with van der Waals surface area (Å²) in [5, 5.41) is 13.3. The number of hydrogen-bond donors (Lipinski definition) is 2. The largest absolute Gasteiger partial charge is 0.503 e. The highest BCUT2D eigenvalue weighted by Gasteiger charge is 2.47. The summed E-state index contributed by atoms with van der Waals surface area (Å²) >= 11 is 5.82. The first-order valence-electron chi connectivity index (χ1n) is 11.1. The number of pyridine rings is 1. The molecule has 1 aromatic carbocycles. The van der Waals surface area contributed by atoms with Gasteiger partial charge >= 0.3 is 0 Å². The molecule has 0 spiro atoms. The molecule has 4 heterocycles. The van der Waals surface area contributed by atoms with E-state index in [2.05, 4.69) is 10.2 Å². The molecule has 1 aromatic heterocycles. The van der Waals surface area contributed by atoms with Crippen LogP contribution in [0.15, 0.2) is 23.0 Å². The monoisotopic (exact) mass is 474 g/mol. The molecular weight excluding hydrogens is 451 g/mol. The second-order valence-corrected chi connectivity index (χ2v) is 9.10. The lowest BCUT2D eigenvalue weighted by atomic mass is 9.99. The SMILES string of the molecule is CCN1C[C@@H]2C[C@@H](N3CCC3)c3c(C(=O)NCc4cccc(Cl)c4F)c(=O)c(O)c(n32)C1=O. The molecule has 8 nitrogen and oxygen atoms in total. The van der Waals surface area contributed by atoms with Crippen molar-refractivity contribution < 1.29 is 19.1 Å². The van der Waals surface area contributed by atoms with Crippen LogP contribution in [0.3, 0.4) is 0 Å². The first kappa shape index (κ1) is 21.9. The van der Waals surface area contributed by atoms with Crippen LogP contribution in [0.2, 0.25) is 5.02 Å². The molecule has 10 heteroatoms. The van der Waals surface area contributed by atoms with Crippen molar-refractivity contribution in [2.75, 3.05) is 26.2 Å². The number of hydrogen-bond acceptors (Lipinski definition) is 5. The lowest BCUT2D eigenvalue weighted by molar-refractivity contribution is 0.0665. The Hall–Kier alpha value is -2.91. The molecule has 3 aliphatic heterocycles. The van der Waals surface area contributed by atoms with E-state index in [0.29, 0.717) is 25.2 Å². The lowest BCUT2D eigenvalue weighted by Gasteiger charge is -2.36. The molecule has 0 radical (unpaired) electrons. The fourth-order valence-electron chi connectivity index (χ4n) is 5.14. The van der Waals surface area contributed by atoms with Crippen molar-refractivity contribution in [2.45, 2.75) is 38.4 Å². The van der Waals surface area contributed by atoms with E-state index >= 15 is 0 Å². The molecule has 2 atom stereocenters. The van der Waals surface area contributed by atoms with Crippen LogP contribution in [0, 0.1) is 5.82 Å². The van der Waals surface area contributed by atoms with Crippen molar-refractivity contribution in [2.24, 2.45) is 0 Å². The molecule has 2 N–H and O–H groups in total. The number of carbonyl (C=O) groups excluding carboxylic acids is 2. The summed E-state index contributed by atoms with van der Waals surface area (Å²) < 4.78 is 16.0. The maximum Gasteiger partial charge on any atom is 0.274 e. The summed E-state index contributed by atoms with van der Waals surface area (Å²) in [6, 6.07) is 4.13. The number of carbonyl (C=O) groups is 2. The Morgan fingerprint density at radius 3 is 2.73 bits per heavy atom. The van der Waals surface area contributed by atoms with Crippen LogP contribution in [0.1, 0.15) is 64.0 Å². The number of amides is 2. The third-order valence-corrected chi connectivity index (χ3v) is 7.22. The molecule has 3 aliphatic rings. The van der Waals surface area contributed by atoms with Gasteiger partial charge in [0, 0.05) is 38.3 Å². The Bertz CT molecular complexity index is 1230. The zero-order valence-electron chi connectivity index (χ0n) is 18.1. The second-order valence-electron chi connectivity index (χ2n) is 8.69. The number of nitrogens with zero attached hydrogens (tertiary/aromatic N) is 3. The van der Waals surface area contributed by atoms with Gasteiger partial charge in [0.15, 0.2) is 11.4 Å². The zero-order valence-corrected chi connectivity index (χ0v) is 18.9. The van der Waals surface area contributed by atoms with Gasteiger partial charge in [0.2, 0.25) is 5.43 Å². The van der Waals surface area contributed by atoms with E-state index in [4.69, 9.17) is 11.6 Å². The fourth-order valence-corrected chi connectivity index (χ4v) is 5.34. The number of halogens is 2. The van der Waals surface area contributed by atoms with Gasteiger partial charge in [-0.25, -0.2) is 4.39 Å². The molecule has 2 amide bonds. The molecule has 174 valence electrons. The van der Waals surface area contributed by atoms with Crippen LogP contribution < -0.4 is 10.7 Å². The number of nitrogens with one attached hydrogen (secondary N) is 1. The first-order chi connectivity index (χ1) is 15.8.